The minimum atomic E-state index is -0.351. The molecule has 1 heterocycles. The predicted molar refractivity (Wildman–Crippen MR) is 69.2 cm³/mol. The van der Waals surface area contributed by atoms with Crippen molar-refractivity contribution in [2.45, 2.75) is 29.9 Å². The van der Waals surface area contributed by atoms with Gasteiger partial charge in [0.05, 0.1) is 23.0 Å². The first-order chi connectivity index (χ1) is 7.54. The predicted octanol–water partition coefficient (Wildman–Crippen LogP) is 3.13. The minimum absolute atomic E-state index is 0.104. The maximum Gasteiger partial charge on any atom is 0.0991 e. The Bertz CT molecular complexity index is 422. The first-order valence-corrected chi connectivity index (χ1v) is 7.28. The highest BCUT2D eigenvalue weighted by Crippen LogP contribution is 2.57. The number of hydrogen-bond acceptors (Lipinski definition) is 4. The van der Waals surface area contributed by atoms with Crippen molar-refractivity contribution < 1.29 is 5.11 Å². The van der Waals surface area contributed by atoms with E-state index in [0.717, 1.165) is 5.56 Å². The Kier molecular flexibility index (Phi) is 3.20. The Morgan fingerprint density at radius 1 is 1.31 bits per heavy atom. The summed E-state index contributed by atoms with van der Waals surface area (Å²) in [6.45, 7) is 4.11. The molecule has 0 amide bonds. The monoisotopic (exact) mass is 251 g/mol. The molecule has 16 heavy (non-hydrogen) atoms. The molecule has 1 saturated heterocycles. The van der Waals surface area contributed by atoms with Crippen molar-refractivity contribution in [3.8, 4) is 6.07 Å². The van der Waals surface area contributed by atoms with E-state index in [0.29, 0.717) is 5.56 Å². The van der Waals surface area contributed by atoms with Crippen molar-refractivity contribution in [3.63, 3.8) is 0 Å². The molecule has 1 aliphatic rings. The molecule has 0 aromatic heterocycles. The van der Waals surface area contributed by atoms with Gasteiger partial charge in [-0.1, -0.05) is 33.7 Å². The highest BCUT2D eigenvalue weighted by molar-refractivity contribution is 8.77. The fourth-order valence-corrected chi connectivity index (χ4v) is 5.01. The summed E-state index contributed by atoms with van der Waals surface area (Å²) in [7, 11) is 3.43. The lowest BCUT2D eigenvalue weighted by Crippen LogP contribution is -2.31. The van der Waals surface area contributed by atoms with E-state index in [1.165, 1.54) is 0 Å². The molecule has 0 aliphatic carbocycles. The van der Waals surface area contributed by atoms with E-state index < -0.39 is 0 Å². The maximum atomic E-state index is 10.2. The lowest BCUT2D eigenvalue weighted by atomic mass is 9.97. The second kappa shape index (κ2) is 4.33. The molecule has 4 heteroatoms. The van der Waals surface area contributed by atoms with Crippen molar-refractivity contribution in [1.29, 1.82) is 5.26 Å². The Hall–Kier alpha value is -0.630. The number of aliphatic hydroxyl groups excluding tert-OH is 1. The van der Waals surface area contributed by atoms with Gasteiger partial charge in [0.1, 0.15) is 0 Å². The molecular formula is C12H13NOS2. The van der Waals surface area contributed by atoms with Crippen LogP contribution in [0, 0.1) is 11.3 Å². The highest BCUT2D eigenvalue weighted by atomic mass is 33.1. The standard InChI is InChI=1S/C12H13NOS2/c1-12(2)11(14)10(15-16-12)9-5-3-8(7-13)4-6-9/h3-6,10-11,14H,1-2H3/t10-,11+/m0/s1. The zero-order chi connectivity index (χ0) is 11.8. The number of benzene rings is 1. The summed E-state index contributed by atoms with van der Waals surface area (Å²) in [5.41, 5.74) is 1.75. The second-order valence-electron chi connectivity index (χ2n) is 4.38. The Morgan fingerprint density at radius 3 is 2.38 bits per heavy atom. The minimum Gasteiger partial charge on any atom is -0.390 e. The van der Waals surface area contributed by atoms with Gasteiger partial charge in [0, 0.05) is 4.75 Å². The zero-order valence-corrected chi connectivity index (χ0v) is 10.8. The zero-order valence-electron chi connectivity index (χ0n) is 9.18. The van der Waals surface area contributed by atoms with E-state index in [1.807, 2.05) is 12.1 Å². The molecule has 0 spiro atoms. The van der Waals surface area contributed by atoms with Crippen LogP contribution in [0.1, 0.15) is 30.2 Å². The number of nitrogens with zero attached hydrogens (tertiary/aromatic N) is 1. The summed E-state index contributed by atoms with van der Waals surface area (Å²) in [5.74, 6) is 0. The molecule has 1 fully saturated rings. The number of rotatable bonds is 1. The average Bonchev–Trinajstić information content (AvgIpc) is 2.55. The summed E-state index contributed by atoms with van der Waals surface area (Å²) in [6, 6.07) is 9.57. The van der Waals surface area contributed by atoms with Gasteiger partial charge in [-0.25, -0.2) is 0 Å². The molecular weight excluding hydrogens is 238 g/mol. The molecule has 0 bridgehead atoms. The van der Waals surface area contributed by atoms with Crippen LogP contribution in [0.25, 0.3) is 0 Å². The summed E-state index contributed by atoms with van der Waals surface area (Å²) < 4.78 is -0.108. The van der Waals surface area contributed by atoms with Crippen molar-refractivity contribution in [1.82, 2.24) is 0 Å². The van der Waals surface area contributed by atoms with Gasteiger partial charge >= 0.3 is 0 Å². The van der Waals surface area contributed by atoms with Crippen LogP contribution in [0.2, 0.25) is 0 Å². The van der Waals surface area contributed by atoms with Crippen molar-refractivity contribution >= 4 is 21.6 Å². The van der Waals surface area contributed by atoms with Crippen LogP contribution in [0.3, 0.4) is 0 Å². The van der Waals surface area contributed by atoms with Crippen molar-refractivity contribution in [2.75, 3.05) is 0 Å². The fourth-order valence-electron chi connectivity index (χ4n) is 1.63. The van der Waals surface area contributed by atoms with Gasteiger partial charge in [0.2, 0.25) is 0 Å². The van der Waals surface area contributed by atoms with Crippen LogP contribution < -0.4 is 0 Å². The third-order valence-corrected chi connectivity index (χ3v) is 6.44. The van der Waals surface area contributed by atoms with Crippen molar-refractivity contribution in [3.05, 3.63) is 35.4 Å². The Labute approximate surface area is 103 Å². The van der Waals surface area contributed by atoms with E-state index >= 15 is 0 Å². The van der Waals surface area contributed by atoms with Gasteiger partial charge in [-0.2, -0.15) is 5.26 Å². The van der Waals surface area contributed by atoms with Gasteiger partial charge in [-0.15, -0.1) is 0 Å². The van der Waals surface area contributed by atoms with Crippen LogP contribution in [0.5, 0.6) is 0 Å². The quantitative estimate of drug-likeness (QED) is 0.779. The molecule has 2 nitrogen and oxygen atoms in total. The first-order valence-electron chi connectivity index (χ1n) is 5.07. The average molecular weight is 251 g/mol. The van der Waals surface area contributed by atoms with Gasteiger partial charge in [-0.05, 0) is 31.5 Å². The van der Waals surface area contributed by atoms with E-state index in [2.05, 4.69) is 19.9 Å². The number of aliphatic hydroxyl groups is 1. The molecule has 1 aromatic rings. The largest absolute Gasteiger partial charge is 0.390 e. The van der Waals surface area contributed by atoms with Gasteiger partial charge < -0.3 is 5.11 Å². The number of nitriles is 1. The molecule has 2 rings (SSSR count). The van der Waals surface area contributed by atoms with Crippen LogP contribution in [-0.2, 0) is 0 Å². The molecule has 1 aromatic carbocycles. The molecule has 84 valence electrons. The van der Waals surface area contributed by atoms with Gasteiger partial charge in [-0.3, -0.25) is 0 Å². The molecule has 2 atom stereocenters. The summed E-state index contributed by atoms with van der Waals surface area (Å²) in [6.07, 6.45) is -0.351. The highest BCUT2D eigenvalue weighted by Gasteiger charge is 2.43. The number of hydrogen-bond donors (Lipinski definition) is 1. The van der Waals surface area contributed by atoms with E-state index in [1.54, 1.807) is 33.7 Å². The Morgan fingerprint density at radius 2 is 1.94 bits per heavy atom. The van der Waals surface area contributed by atoms with E-state index in [4.69, 9.17) is 5.26 Å². The third kappa shape index (κ3) is 2.08. The summed E-state index contributed by atoms with van der Waals surface area (Å²) in [5, 5.41) is 19.0. The molecule has 1 N–H and O–H groups in total. The second-order valence-corrected chi connectivity index (χ2v) is 7.38. The lowest BCUT2D eigenvalue weighted by molar-refractivity contribution is 0.143. The Balaban J connectivity index is 2.23. The third-order valence-electron chi connectivity index (χ3n) is 2.73. The van der Waals surface area contributed by atoms with Gasteiger partial charge in [0.25, 0.3) is 0 Å². The smallest absolute Gasteiger partial charge is 0.0991 e. The summed E-state index contributed by atoms with van der Waals surface area (Å²) >= 11 is 0. The molecule has 0 saturated carbocycles. The lowest BCUT2D eigenvalue weighted by Gasteiger charge is -2.23. The maximum absolute atomic E-state index is 10.2. The first kappa shape index (κ1) is 11.8. The SMILES string of the molecule is CC1(C)SS[C@@H](c2ccc(C#N)cc2)[C@H]1O. The van der Waals surface area contributed by atoms with E-state index in [-0.39, 0.29) is 16.1 Å². The van der Waals surface area contributed by atoms with Gasteiger partial charge in [0.15, 0.2) is 0 Å². The normalized spacial score (nSPS) is 27.6. The van der Waals surface area contributed by atoms with Crippen LogP contribution in [0.15, 0.2) is 24.3 Å². The van der Waals surface area contributed by atoms with Crippen LogP contribution in [0.4, 0.5) is 0 Å². The van der Waals surface area contributed by atoms with Crippen LogP contribution in [-0.4, -0.2) is 16.0 Å². The van der Waals surface area contributed by atoms with Crippen molar-refractivity contribution in [2.24, 2.45) is 0 Å². The molecule has 0 unspecified atom stereocenters. The van der Waals surface area contributed by atoms with Crippen LogP contribution >= 0.6 is 21.6 Å². The topological polar surface area (TPSA) is 44.0 Å². The fraction of sp³-hybridized carbons (Fsp3) is 0.417. The molecule has 0 radical (unpaired) electrons. The van der Waals surface area contributed by atoms with E-state index in [9.17, 15) is 5.11 Å². The summed E-state index contributed by atoms with van der Waals surface area (Å²) in [4.78, 5) is 0. The molecule has 1 aliphatic heterocycles.